The highest BCUT2D eigenvalue weighted by Crippen LogP contribution is 2.39. The number of aliphatic hydroxyl groups is 1. The molecule has 4 rings (SSSR count). The Morgan fingerprint density at radius 3 is 2.53 bits per heavy atom. The van der Waals surface area contributed by atoms with Crippen molar-refractivity contribution in [1.82, 2.24) is 9.62 Å². The predicted molar refractivity (Wildman–Crippen MR) is 126 cm³/mol. The fourth-order valence-electron chi connectivity index (χ4n) is 5.01. The summed E-state index contributed by atoms with van der Waals surface area (Å²) < 4.78 is 49.1. The molecule has 9 heteroatoms. The lowest BCUT2D eigenvalue weighted by Crippen LogP contribution is -2.50. The Hall–Kier alpha value is -2.33. The molecule has 0 radical (unpaired) electrons. The molecule has 2 heterocycles. The zero-order valence-electron chi connectivity index (χ0n) is 19.2. The van der Waals surface area contributed by atoms with Crippen molar-refractivity contribution >= 4 is 15.9 Å². The van der Waals surface area contributed by atoms with Gasteiger partial charge in [-0.05, 0) is 49.8 Å². The topological polar surface area (TPSA) is 95.9 Å². The van der Waals surface area contributed by atoms with Crippen LogP contribution in [0.15, 0.2) is 48.5 Å². The van der Waals surface area contributed by atoms with Crippen molar-refractivity contribution in [2.75, 3.05) is 19.8 Å². The van der Waals surface area contributed by atoms with Gasteiger partial charge >= 0.3 is 0 Å². The zero-order chi connectivity index (χ0) is 24.3. The minimum absolute atomic E-state index is 0.0575. The first kappa shape index (κ1) is 24.8. The van der Waals surface area contributed by atoms with E-state index < -0.39 is 39.1 Å². The van der Waals surface area contributed by atoms with Crippen LogP contribution in [-0.2, 0) is 31.6 Å². The van der Waals surface area contributed by atoms with E-state index in [0.717, 1.165) is 5.56 Å². The molecule has 2 N–H and O–H groups in total. The molecule has 0 saturated carbocycles. The second kappa shape index (κ2) is 10.1. The lowest BCUT2D eigenvalue weighted by Gasteiger charge is -2.39. The fourth-order valence-corrected chi connectivity index (χ4v) is 7.19. The second-order valence-corrected chi connectivity index (χ2v) is 11.2. The highest BCUT2D eigenvalue weighted by molar-refractivity contribution is 7.89. The number of ether oxygens (including phenoxy) is 1. The summed E-state index contributed by atoms with van der Waals surface area (Å²) in [5.41, 5.74) is 0.774. The zero-order valence-corrected chi connectivity index (χ0v) is 20.1. The Morgan fingerprint density at radius 1 is 1.18 bits per heavy atom. The molecule has 2 fully saturated rings. The number of sulfonamides is 1. The Labute approximate surface area is 200 Å². The summed E-state index contributed by atoms with van der Waals surface area (Å²) in [6.07, 6.45) is 2.12. The van der Waals surface area contributed by atoms with E-state index in [1.165, 1.54) is 10.4 Å². The average molecular weight is 491 g/mol. The van der Waals surface area contributed by atoms with Crippen LogP contribution in [0.1, 0.15) is 54.5 Å². The number of halogens is 1. The van der Waals surface area contributed by atoms with Gasteiger partial charge in [0.1, 0.15) is 17.7 Å². The standard InChI is InChI=1S/C25H31FN2O5S/c1-18-7-10-23(19-5-3-2-4-6-19)34(31,32)28(18)16-20-8-9-21(15-22(20)26)25(27-24(30)17-29)11-13-33-14-12-25/h2-6,8-9,15,18,23,29H,7,10-14,16-17H2,1H3,(H,27,30)/t18-,23+/m0/s1. The average Bonchev–Trinajstić information content (AvgIpc) is 2.83. The van der Waals surface area contributed by atoms with E-state index in [1.807, 2.05) is 37.3 Å². The SMILES string of the molecule is C[C@H]1CC[C@H](c2ccccc2)S(=O)(=O)N1Cc1ccc(C2(NC(=O)CO)CCOCC2)cc1F. The summed E-state index contributed by atoms with van der Waals surface area (Å²) >= 11 is 0. The summed E-state index contributed by atoms with van der Waals surface area (Å²) in [7, 11) is -3.68. The third-order valence-corrected chi connectivity index (χ3v) is 9.37. The summed E-state index contributed by atoms with van der Waals surface area (Å²) in [5, 5.41) is 11.4. The minimum atomic E-state index is -3.68. The summed E-state index contributed by atoms with van der Waals surface area (Å²) in [4.78, 5) is 12.0. The summed E-state index contributed by atoms with van der Waals surface area (Å²) in [5.74, 6) is -1.06. The van der Waals surface area contributed by atoms with Gasteiger partial charge < -0.3 is 15.2 Å². The van der Waals surface area contributed by atoms with Crippen LogP contribution in [0.5, 0.6) is 0 Å². The number of benzene rings is 2. The molecule has 0 unspecified atom stereocenters. The molecule has 7 nitrogen and oxygen atoms in total. The third kappa shape index (κ3) is 4.88. The summed E-state index contributed by atoms with van der Waals surface area (Å²) in [6, 6.07) is 13.6. The number of aliphatic hydroxyl groups excluding tert-OH is 1. The van der Waals surface area contributed by atoms with Gasteiger partial charge in [-0.15, -0.1) is 0 Å². The Kier molecular flexibility index (Phi) is 7.37. The molecule has 34 heavy (non-hydrogen) atoms. The molecule has 2 aromatic carbocycles. The Morgan fingerprint density at radius 2 is 1.88 bits per heavy atom. The lowest BCUT2D eigenvalue weighted by molar-refractivity contribution is -0.127. The predicted octanol–water partition coefficient (Wildman–Crippen LogP) is 3.00. The van der Waals surface area contributed by atoms with Gasteiger partial charge in [-0.25, -0.2) is 12.8 Å². The quantitative estimate of drug-likeness (QED) is 0.649. The maximum Gasteiger partial charge on any atom is 0.246 e. The lowest BCUT2D eigenvalue weighted by atomic mass is 9.82. The summed E-state index contributed by atoms with van der Waals surface area (Å²) in [6.45, 7) is 1.94. The number of carbonyl (C=O) groups is 1. The van der Waals surface area contributed by atoms with Crippen molar-refractivity contribution in [2.45, 2.75) is 56.0 Å². The minimum Gasteiger partial charge on any atom is -0.387 e. The van der Waals surface area contributed by atoms with Gasteiger partial charge in [-0.3, -0.25) is 4.79 Å². The number of nitrogens with zero attached hydrogens (tertiary/aromatic N) is 1. The van der Waals surface area contributed by atoms with Crippen LogP contribution < -0.4 is 5.32 Å². The molecule has 2 atom stereocenters. The highest BCUT2D eigenvalue weighted by atomic mass is 32.2. The van der Waals surface area contributed by atoms with E-state index in [2.05, 4.69) is 5.32 Å². The van der Waals surface area contributed by atoms with E-state index in [-0.39, 0.29) is 18.2 Å². The van der Waals surface area contributed by atoms with Gasteiger partial charge in [-0.2, -0.15) is 4.31 Å². The highest BCUT2D eigenvalue weighted by Gasteiger charge is 2.41. The molecule has 2 saturated heterocycles. The van der Waals surface area contributed by atoms with E-state index >= 15 is 4.39 Å². The van der Waals surface area contributed by atoms with Gasteiger partial charge in [0, 0.05) is 31.4 Å². The monoisotopic (exact) mass is 490 g/mol. The number of rotatable bonds is 6. The second-order valence-electron chi connectivity index (χ2n) is 9.12. The molecule has 0 aliphatic carbocycles. The maximum atomic E-state index is 15.3. The van der Waals surface area contributed by atoms with Crippen molar-refractivity contribution in [2.24, 2.45) is 0 Å². The number of hydrogen-bond donors (Lipinski definition) is 2. The molecule has 0 spiro atoms. The van der Waals surface area contributed by atoms with Gasteiger partial charge in [0.2, 0.25) is 15.9 Å². The molecule has 2 aliphatic rings. The van der Waals surface area contributed by atoms with E-state index in [4.69, 9.17) is 4.74 Å². The van der Waals surface area contributed by atoms with Gasteiger partial charge in [0.15, 0.2) is 0 Å². The first-order valence-electron chi connectivity index (χ1n) is 11.6. The van der Waals surface area contributed by atoms with Gasteiger partial charge in [-0.1, -0.05) is 42.5 Å². The molecule has 0 aromatic heterocycles. The van der Waals surface area contributed by atoms with Crippen LogP contribution in [0.2, 0.25) is 0 Å². The number of amides is 1. The largest absolute Gasteiger partial charge is 0.387 e. The molecule has 1 amide bonds. The van der Waals surface area contributed by atoms with Crippen molar-refractivity contribution in [3.05, 3.63) is 71.0 Å². The Balaban J connectivity index is 1.61. The molecule has 2 aliphatic heterocycles. The van der Waals surface area contributed by atoms with Crippen LogP contribution in [0.25, 0.3) is 0 Å². The first-order chi connectivity index (χ1) is 16.3. The Bertz CT molecular complexity index is 1120. The molecular formula is C25H31FN2O5S. The molecule has 0 bridgehead atoms. The van der Waals surface area contributed by atoms with Gasteiger partial charge in [0.25, 0.3) is 0 Å². The van der Waals surface area contributed by atoms with Crippen molar-refractivity contribution in [3.63, 3.8) is 0 Å². The van der Waals surface area contributed by atoms with Gasteiger partial charge in [0.05, 0.1) is 5.54 Å². The molecule has 184 valence electrons. The van der Waals surface area contributed by atoms with Crippen LogP contribution in [-0.4, -0.2) is 49.6 Å². The van der Waals surface area contributed by atoms with Crippen LogP contribution in [0.4, 0.5) is 4.39 Å². The van der Waals surface area contributed by atoms with E-state index in [9.17, 15) is 18.3 Å². The maximum absolute atomic E-state index is 15.3. The molecule has 2 aromatic rings. The molecular weight excluding hydrogens is 459 g/mol. The van der Waals surface area contributed by atoms with Crippen molar-refractivity contribution < 1.29 is 27.4 Å². The van der Waals surface area contributed by atoms with Crippen molar-refractivity contribution in [1.29, 1.82) is 0 Å². The smallest absolute Gasteiger partial charge is 0.246 e. The number of hydrogen-bond acceptors (Lipinski definition) is 5. The normalized spacial score (nSPS) is 24.4. The van der Waals surface area contributed by atoms with Crippen LogP contribution in [0.3, 0.4) is 0 Å². The first-order valence-corrected chi connectivity index (χ1v) is 13.1. The van der Waals surface area contributed by atoms with Crippen LogP contribution >= 0.6 is 0 Å². The number of carbonyl (C=O) groups excluding carboxylic acids is 1. The fraction of sp³-hybridized carbons (Fsp3) is 0.480. The van der Waals surface area contributed by atoms with E-state index in [0.29, 0.717) is 44.5 Å². The number of nitrogens with one attached hydrogen (secondary N) is 1. The van der Waals surface area contributed by atoms with E-state index in [1.54, 1.807) is 12.1 Å². The van der Waals surface area contributed by atoms with Crippen LogP contribution in [0, 0.1) is 5.82 Å². The van der Waals surface area contributed by atoms with Crippen molar-refractivity contribution in [3.8, 4) is 0 Å². The third-order valence-electron chi connectivity index (χ3n) is 7.00.